The van der Waals surface area contributed by atoms with E-state index in [-0.39, 0.29) is 5.41 Å². The number of fused-ring (bicyclic) bond motifs is 1. The van der Waals surface area contributed by atoms with Gasteiger partial charge in [-0.1, -0.05) is 44.7 Å². The molecule has 8 nitrogen and oxygen atoms in total. The predicted octanol–water partition coefficient (Wildman–Crippen LogP) is 3.75. The molecule has 0 N–H and O–H groups in total. The summed E-state index contributed by atoms with van der Waals surface area (Å²) in [6.07, 6.45) is 0. The van der Waals surface area contributed by atoms with Crippen LogP contribution in [0.4, 0.5) is 0 Å². The monoisotopic (exact) mass is 483 g/mol. The molecular weight excluding hydrogens is 458 g/mol. The van der Waals surface area contributed by atoms with Gasteiger partial charge in [-0.3, -0.25) is 13.9 Å². The van der Waals surface area contributed by atoms with E-state index in [1.807, 2.05) is 50.4 Å². The van der Waals surface area contributed by atoms with Gasteiger partial charge in [-0.05, 0) is 12.1 Å². The van der Waals surface area contributed by atoms with E-state index in [0.717, 1.165) is 26.6 Å². The molecule has 0 aliphatic carbocycles. The van der Waals surface area contributed by atoms with Crippen LogP contribution in [-0.4, -0.2) is 31.2 Å². The van der Waals surface area contributed by atoms with Gasteiger partial charge in [0.15, 0.2) is 5.65 Å². The van der Waals surface area contributed by atoms with Crippen molar-refractivity contribution in [3.05, 3.63) is 62.0 Å². The molecule has 4 aromatic rings. The Hall–Kier alpha value is -2.98. The van der Waals surface area contributed by atoms with Crippen molar-refractivity contribution in [2.45, 2.75) is 37.0 Å². The number of benzene rings is 1. The maximum absolute atomic E-state index is 13.0. The lowest BCUT2D eigenvalue weighted by atomic mass is 9.96. The molecule has 172 valence electrons. The van der Waals surface area contributed by atoms with Crippen molar-refractivity contribution in [2.75, 3.05) is 7.11 Å². The van der Waals surface area contributed by atoms with Crippen molar-refractivity contribution < 1.29 is 4.74 Å². The second kappa shape index (κ2) is 8.75. The average Bonchev–Trinajstić information content (AvgIpc) is 3.28. The molecule has 0 bridgehead atoms. The molecule has 0 aliphatic heterocycles. The molecule has 0 aliphatic rings. The zero-order valence-corrected chi connectivity index (χ0v) is 21.0. The molecule has 3 heterocycles. The highest BCUT2D eigenvalue weighted by atomic mass is 32.2. The third-order valence-corrected chi connectivity index (χ3v) is 7.11. The Balaban J connectivity index is 1.74. The van der Waals surface area contributed by atoms with E-state index < -0.39 is 11.2 Å². The Morgan fingerprint density at radius 3 is 2.55 bits per heavy atom. The van der Waals surface area contributed by atoms with Crippen LogP contribution in [0.2, 0.25) is 0 Å². The van der Waals surface area contributed by atoms with Crippen LogP contribution in [0.5, 0.6) is 5.75 Å². The topological polar surface area (TPSA) is 91.9 Å². The molecule has 0 saturated carbocycles. The molecular formula is C23H25N5O3S2. The second-order valence-electron chi connectivity index (χ2n) is 8.67. The van der Waals surface area contributed by atoms with Gasteiger partial charge >= 0.3 is 5.69 Å². The first kappa shape index (κ1) is 23.2. The number of nitrogens with zero attached hydrogens (tertiary/aromatic N) is 5. The number of thioether (sulfide) groups is 1. The normalized spacial score (nSPS) is 11.8. The first-order chi connectivity index (χ1) is 15.6. The number of aromatic nitrogens is 5. The fourth-order valence-electron chi connectivity index (χ4n) is 3.27. The van der Waals surface area contributed by atoms with Crippen LogP contribution in [0.1, 0.15) is 32.3 Å². The standard InChI is InChI=1S/C23H25N5O3S2/c1-23(2,3)21-25-17-16(20(29)28(5)22(30)27(17)4)19(26-21)33-12-14-11-32-18(24-14)13-8-7-9-15(10-13)31-6/h7-11H,12H2,1-6H3. The largest absolute Gasteiger partial charge is 0.497 e. The van der Waals surface area contributed by atoms with E-state index >= 15 is 0 Å². The van der Waals surface area contributed by atoms with Crippen LogP contribution in [0.3, 0.4) is 0 Å². The number of methoxy groups -OCH3 is 1. The van der Waals surface area contributed by atoms with Crippen molar-refractivity contribution in [3.8, 4) is 16.3 Å². The first-order valence-electron chi connectivity index (χ1n) is 10.3. The lowest BCUT2D eigenvalue weighted by Crippen LogP contribution is -2.38. The summed E-state index contributed by atoms with van der Waals surface area (Å²) in [5, 5.41) is 3.80. The highest BCUT2D eigenvalue weighted by Gasteiger charge is 2.23. The van der Waals surface area contributed by atoms with E-state index in [1.54, 1.807) is 25.5 Å². The SMILES string of the molecule is COc1cccc(-c2nc(CSc3nc(C(C)(C)C)nc4c3c(=O)n(C)c(=O)n4C)cs2)c1. The van der Waals surface area contributed by atoms with Crippen LogP contribution < -0.4 is 16.0 Å². The lowest BCUT2D eigenvalue weighted by Gasteiger charge is -2.19. The van der Waals surface area contributed by atoms with Crippen LogP contribution in [0.15, 0.2) is 44.3 Å². The highest BCUT2D eigenvalue weighted by molar-refractivity contribution is 7.98. The number of hydrogen-bond donors (Lipinski definition) is 0. The number of thiazole rings is 1. The van der Waals surface area contributed by atoms with E-state index in [4.69, 9.17) is 14.7 Å². The van der Waals surface area contributed by atoms with Gasteiger partial charge in [0.05, 0.1) is 12.8 Å². The summed E-state index contributed by atoms with van der Waals surface area (Å²) in [5.74, 6) is 1.89. The molecule has 0 saturated heterocycles. The minimum atomic E-state index is -0.413. The Morgan fingerprint density at radius 1 is 1.09 bits per heavy atom. The summed E-state index contributed by atoms with van der Waals surface area (Å²) in [6.45, 7) is 6.01. The van der Waals surface area contributed by atoms with Gasteiger partial charge in [-0.2, -0.15) is 0 Å². The quantitative estimate of drug-likeness (QED) is 0.315. The fraction of sp³-hybridized carbons (Fsp3) is 0.348. The number of aryl methyl sites for hydroxylation is 1. The number of ether oxygens (including phenoxy) is 1. The molecule has 0 atom stereocenters. The minimum absolute atomic E-state index is 0.346. The highest BCUT2D eigenvalue weighted by Crippen LogP contribution is 2.32. The van der Waals surface area contributed by atoms with Crippen molar-refractivity contribution in [1.29, 1.82) is 0 Å². The van der Waals surface area contributed by atoms with E-state index in [9.17, 15) is 9.59 Å². The summed E-state index contributed by atoms with van der Waals surface area (Å²) in [4.78, 5) is 39.5. The van der Waals surface area contributed by atoms with Gasteiger partial charge in [0.25, 0.3) is 5.56 Å². The third-order valence-electron chi connectivity index (χ3n) is 5.16. The second-order valence-corrected chi connectivity index (χ2v) is 10.5. The maximum Gasteiger partial charge on any atom is 0.332 e. The van der Waals surface area contributed by atoms with Crippen LogP contribution in [0.25, 0.3) is 21.6 Å². The lowest BCUT2D eigenvalue weighted by molar-refractivity contribution is 0.415. The summed E-state index contributed by atoms with van der Waals surface area (Å²) in [6, 6.07) is 7.78. The average molecular weight is 484 g/mol. The van der Waals surface area contributed by atoms with E-state index in [0.29, 0.717) is 27.6 Å². The molecule has 0 unspecified atom stereocenters. The predicted molar refractivity (Wildman–Crippen MR) is 132 cm³/mol. The van der Waals surface area contributed by atoms with Crippen molar-refractivity contribution in [3.63, 3.8) is 0 Å². The molecule has 10 heteroatoms. The number of rotatable bonds is 5. The van der Waals surface area contributed by atoms with Crippen molar-refractivity contribution in [1.82, 2.24) is 24.1 Å². The van der Waals surface area contributed by atoms with Gasteiger partial charge in [0.1, 0.15) is 27.0 Å². The van der Waals surface area contributed by atoms with E-state index in [1.165, 1.54) is 23.4 Å². The maximum atomic E-state index is 13.0. The summed E-state index contributed by atoms with van der Waals surface area (Å²) < 4.78 is 7.81. The molecule has 0 fully saturated rings. The number of hydrogen-bond acceptors (Lipinski definition) is 8. The van der Waals surface area contributed by atoms with Crippen LogP contribution in [0, 0.1) is 0 Å². The molecule has 33 heavy (non-hydrogen) atoms. The van der Waals surface area contributed by atoms with Gasteiger partial charge in [-0.25, -0.2) is 19.7 Å². The summed E-state index contributed by atoms with van der Waals surface area (Å²) >= 11 is 2.98. The Kier molecular flexibility index (Phi) is 6.15. The Bertz CT molecular complexity index is 1460. The summed E-state index contributed by atoms with van der Waals surface area (Å²) in [5.41, 5.74) is 1.06. The molecule has 0 radical (unpaired) electrons. The summed E-state index contributed by atoms with van der Waals surface area (Å²) in [7, 11) is 4.73. The van der Waals surface area contributed by atoms with Crippen molar-refractivity contribution >= 4 is 34.1 Å². The zero-order valence-electron chi connectivity index (χ0n) is 19.4. The molecule has 1 aromatic carbocycles. The van der Waals surface area contributed by atoms with Gasteiger partial charge in [-0.15, -0.1) is 11.3 Å². The van der Waals surface area contributed by atoms with Crippen LogP contribution in [-0.2, 0) is 25.3 Å². The minimum Gasteiger partial charge on any atom is -0.497 e. The Labute approximate surface area is 199 Å². The van der Waals surface area contributed by atoms with Gasteiger partial charge < -0.3 is 4.74 Å². The molecule has 0 spiro atoms. The van der Waals surface area contributed by atoms with Gasteiger partial charge in [0.2, 0.25) is 0 Å². The van der Waals surface area contributed by atoms with Gasteiger partial charge in [0, 0.05) is 36.2 Å². The Morgan fingerprint density at radius 2 is 1.85 bits per heavy atom. The third kappa shape index (κ3) is 4.45. The first-order valence-corrected chi connectivity index (χ1v) is 12.2. The van der Waals surface area contributed by atoms with Crippen LogP contribution >= 0.6 is 23.1 Å². The van der Waals surface area contributed by atoms with E-state index in [2.05, 4.69) is 4.98 Å². The zero-order chi connectivity index (χ0) is 23.9. The molecule has 0 amide bonds. The smallest absolute Gasteiger partial charge is 0.332 e. The molecule has 4 rings (SSSR count). The fourth-order valence-corrected chi connectivity index (χ4v) is 5.10. The molecule has 3 aromatic heterocycles. The van der Waals surface area contributed by atoms with Crippen molar-refractivity contribution in [2.24, 2.45) is 14.1 Å².